The summed E-state index contributed by atoms with van der Waals surface area (Å²) < 4.78 is 5.72. The largest absolute Gasteiger partial charge is 0.467 e. The number of anilines is 3. The fraction of sp³-hybridized carbons (Fsp3) is 0.320. The molecule has 0 radical (unpaired) electrons. The maximum absolute atomic E-state index is 12.4. The van der Waals surface area contributed by atoms with Gasteiger partial charge in [0.05, 0.1) is 0 Å². The Morgan fingerprint density at radius 3 is 2.25 bits per heavy atom. The number of carbonyl (C=O) groups is 1. The quantitative estimate of drug-likeness (QED) is 0.641. The molecule has 7 nitrogen and oxygen atoms in total. The highest BCUT2D eigenvalue weighted by atomic mass is 16.5. The molecule has 166 valence electrons. The predicted molar refractivity (Wildman–Crippen MR) is 128 cm³/mol. The molecule has 3 aromatic rings. The Morgan fingerprint density at radius 2 is 1.56 bits per heavy atom. The third kappa shape index (κ3) is 5.17. The van der Waals surface area contributed by atoms with Gasteiger partial charge in [-0.05, 0) is 44.0 Å². The van der Waals surface area contributed by atoms with Crippen LogP contribution in [0.5, 0.6) is 5.88 Å². The number of ether oxygens (including phenoxy) is 1. The van der Waals surface area contributed by atoms with Crippen LogP contribution in [0, 0.1) is 20.8 Å². The highest BCUT2D eigenvalue weighted by molar-refractivity contribution is 5.93. The lowest BCUT2D eigenvalue weighted by Crippen LogP contribution is -2.47. The Kier molecular flexibility index (Phi) is 6.54. The van der Waals surface area contributed by atoms with Gasteiger partial charge < -0.3 is 19.9 Å². The van der Waals surface area contributed by atoms with Crippen molar-refractivity contribution in [3.63, 3.8) is 0 Å². The summed E-state index contributed by atoms with van der Waals surface area (Å²) in [6.07, 6.45) is 0. The third-order valence-electron chi connectivity index (χ3n) is 5.60. The standard InChI is InChI=1S/C25H29N5O2/c1-18-8-7-9-19(2)24(18)27-22(31)17-32-23-16-20(3)26-25(28-23)30-14-12-29(13-15-30)21-10-5-4-6-11-21/h4-11,16H,12-15,17H2,1-3H3,(H,27,31). The van der Waals surface area contributed by atoms with E-state index in [1.54, 1.807) is 6.07 Å². The summed E-state index contributed by atoms with van der Waals surface area (Å²) in [7, 11) is 0. The number of aromatic nitrogens is 2. The van der Waals surface area contributed by atoms with E-state index in [1.807, 2.05) is 45.0 Å². The van der Waals surface area contributed by atoms with Gasteiger partial charge in [-0.1, -0.05) is 36.4 Å². The van der Waals surface area contributed by atoms with Gasteiger partial charge in [0.1, 0.15) is 0 Å². The van der Waals surface area contributed by atoms with E-state index in [9.17, 15) is 4.79 Å². The van der Waals surface area contributed by atoms with Crippen LogP contribution in [0.25, 0.3) is 0 Å². The summed E-state index contributed by atoms with van der Waals surface area (Å²) in [5, 5.41) is 2.94. The van der Waals surface area contributed by atoms with Gasteiger partial charge in [-0.15, -0.1) is 0 Å². The Hall–Kier alpha value is -3.61. The number of nitrogens with one attached hydrogen (secondary N) is 1. The van der Waals surface area contributed by atoms with Gasteiger partial charge in [0.15, 0.2) is 6.61 Å². The van der Waals surface area contributed by atoms with E-state index in [4.69, 9.17) is 4.74 Å². The first kappa shape index (κ1) is 21.6. The van der Waals surface area contributed by atoms with Gasteiger partial charge in [0.25, 0.3) is 5.91 Å². The molecule has 1 aliphatic heterocycles. The minimum absolute atomic E-state index is 0.106. The van der Waals surface area contributed by atoms with E-state index in [-0.39, 0.29) is 12.5 Å². The summed E-state index contributed by atoms with van der Waals surface area (Å²) in [6, 6.07) is 18.1. The summed E-state index contributed by atoms with van der Waals surface area (Å²) in [5.41, 5.74) is 4.92. The minimum atomic E-state index is -0.211. The summed E-state index contributed by atoms with van der Waals surface area (Å²) in [4.78, 5) is 26.1. The van der Waals surface area contributed by atoms with Gasteiger partial charge in [-0.2, -0.15) is 4.98 Å². The minimum Gasteiger partial charge on any atom is -0.467 e. The molecular weight excluding hydrogens is 402 g/mol. The first-order valence-corrected chi connectivity index (χ1v) is 10.9. The third-order valence-corrected chi connectivity index (χ3v) is 5.60. The van der Waals surface area contributed by atoms with Crippen molar-refractivity contribution in [2.75, 3.05) is 47.9 Å². The van der Waals surface area contributed by atoms with Crippen molar-refractivity contribution in [3.05, 3.63) is 71.4 Å². The number of rotatable bonds is 6. The van der Waals surface area contributed by atoms with Crippen molar-refractivity contribution in [1.29, 1.82) is 0 Å². The van der Waals surface area contributed by atoms with Crippen LogP contribution < -0.4 is 19.9 Å². The van der Waals surface area contributed by atoms with Crippen molar-refractivity contribution in [2.24, 2.45) is 0 Å². The maximum Gasteiger partial charge on any atom is 0.262 e. The van der Waals surface area contributed by atoms with Gasteiger partial charge in [0, 0.05) is 49.3 Å². The van der Waals surface area contributed by atoms with Gasteiger partial charge in [-0.25, -0.2) is 4.98 Å². The second kappa shape index (κ2) is 9.68. The molecule has 2 aromatic carbocycles. The molecule has 4 rings (SSSR count). The number of piperazine rings is 1. The number of amides is 1. The SMILES string of the molecule is Cc1cc(OCC(=O)Nc2c(C)cccc2C)nc(N2CCN(c3ccccc3)CC2)n1. The Labute approximate surface area is 189 Å². The van der Waals surface area contributed by atoms with Gasteiger partial charge in [0.2, 0.25) is 11.8 Å². The Morgan fingerprint density at radius 1 is 0.906 bits per heavy atom. The van der Waals surface area contributed by atoms with Crippen molar-refractivity contribution < 1.29 is 9.53 Å². The molecule has 1 fully saturated rings. The highest BCUT2D eigenvalue weighted by Gasteiger charge is 2.20. The fourth-order valence-electron chi connectivity index (χ4n) is 3.87. The molecule has 0 unspecified atom stereocenters. The number of benzene rings is 2. The average Bonchev–Trinajstić information content (AvgIpc) is 2.80. The average molecular weight is 432 g/mol. The lowest BCUT2D eigenvalue weighted by Gasteiger charge is -2.36. The van der Waals surface area contributed by atoms with Gasteiger partial charge in [-0.3, -0.25) is 4.79 Å². The second-order valence-corrected chi connectivity index (χ2v) is 8.06. The van der Waals surface area contributed by atoms with E-state index in [0.717, 1.165) is 48.7 Å². The maximum atomic E-state index is 12.4. The van der Waals surface area contributed by atoms with E-state index in [1.165, 1.54) is 5.69 Å². The molecular formula is C25H29N5O2. The molecule has 0 atom stereocenters. The number of hydrogen-bond donors (Lipinski definition) is 1. The lowest BCUT2D eigenvalue weighted by atomic mass is 10.1. The fourth-order valence-corrected chi connectivity index (χ4v) is 3.87. The van der Waals surface area contributed by atoms with Crippen molar-refractivity contribution in [3.8, 4) is 5.88 Å². The first-order chi connectivity index (χ1) is 15.5. The van der Waals surface area contributed by atoms with Crippen LogP contribution >= 0.6 is 0 Å². The molecule has 7 heteroatoms. The molecule has 0 spiro atoms. The van der Waals surface area contributed by atoms with Crippen LogP contribution in [0.4, 0.5) is 17.3 Å². The number of carbonyl (C=O) groups excluding carboxylic acids is 1. The molecule has 1 aromatic heterocycles. The van der Waals surface area contributed by atoms with Crippen LogP contribution in [-0.4, -0.2) is 48.7 Å². The topological polar surface area (TPSA) is 70.6 Å². The summed E-state index contributed by atoms with van der Waals surface area (Å²) in [5.74, 6) is 0.842. The zero-order valence-electron chi connectivity index (χ0n) is 18.8. The van der Waals surface area contributed by atoms with Crippen LogP contribution in [0.1, 0.15) is 16.8 Å². The zero-order chi connectivity index (χ0) is 22.5. The molecule has 1 N–H and O–H groups in total. The number of aryl methyl sites for hydroxylation is 3. The molecule has 0 aliphatic carbocycles. The second-order valence-electron chi connectivity index (χ2n) is 8.06. The van der Waals surface area contributed by atoms with E-state index in [2.05, 4.69) is 49.4 Å². The predicted octanol–water partition coefficient (Wildman–Crippen LogP) is 3.75. The molecule has 2 heterocycles. The monoisotopic (exact) mass is 431 g/mol. The number of para-hydroxylation sites is 2. The molecule has 0 bridgehead atoms. The van der Waals surface area contributed by atoms with Crippen molar-refractivity contribution in [1.82, 2.24) is 9.97 Å². The first-order valence-electron chi connectivity index (χ1n) is 10.9. The number of nitrogens with zero attached hydrogens (tertiary/aromatic N) is 4. The van der Waals surface area contributed by atoms with E-state index in [0.29, 0.717) is 11.8 Å². The number of hydrogen-bond acceptors (Lipinski definition) is 6. The summed E-state index contributed by atoms with van der Waals surface area (Å²) in [6.45, 7) is 9.20. The van der Waals surface area contributed by atoms with Crippen molar-refractivity contribution in [2.45, 2.75) is 20.8 Å². The van der Waals surface area contributed by atoms with E-state index < -0.39 is 0 Å². The smallest absolute Gasteiger partial charge is 0.262 e. The Bertz CT molecular complexity index is 1060. The lowest BCUT2D eigenvalue weighted by molar-refractivity contribution is -0.118. The molecule has 1 aliphatic rings. The molecule has 1 amide bonds. The Balaban J connectivity index is 1.36. The van der Waals surface area contributed by atoms with E-state index >= 15 is 0 Å². The van der Waals surface area contributed by atoms with Gasteiger partial charge >= 0.3 is 0 Å². The summed E-state index contributed by atoms with van der Waals surface area (Å²) >= 11 is 0. The molecule has 0 saturated carbocycles. The molecule has 32 heavy (non-hydrogen) atoms. The van der Waals surface area contributed by atoms with Crippen LogP contribution in [0.3, 0.4) is 0 Å². The van der Waals surface area contributed by atoms with Crippen molar-refractivity contribution >= 4 is 23.2 Å². The highest BCUT2D eigenvalue weighted by Crippen LogP contribution is 2.21. The molecule has 1 saturated heterocycles. The normalized spacial score (nSPS) is 13.7. The van der Waals surface area contributed by atoms with Crippen LogP contribution in [0.15, 0.2) is 54.6 Å². The van der Waals surface area contributed by atoms with Crippen LogP contribution in [0.2, 0.25) is 0 Å². The van der Waals surface area contributed by atoms with Crippen LogP contribution in [-0.2, 0) is 4.79 Å². The zero-order valence-corrected chi connectivity index (χ0v) is 18.8.